The summed E-state index contributed by atoms with van der Waals surface area (Å²) in [6.45, 7) is 12.7. The van der Waals surface area contributed by atoms with Crippen molar-refractivity contribution >= 4 is 35.4 Å². The summed E-state index contributed by atoms with van der Waals surface area (Å²) >= 11 is 0. The van der Waals surface area contributed by atoms with Gasteiger partial charge in [-0.25, -0.2) is 0 Å². The molecule has 7 N–H and O–H groups in total. The van der Waals surface area contributed by atoms with E-state index in [-0.39, 0.29) is 64.0 Å². The van der Waals surface area contributed by atoms with Crippen LogP contribution in [-0.2, 0) is 28.8 Å². The van der Waals surface area contributed by atoms with Gasteiger partial charge in [0.25, 0.3) is 0 Å². The van der Waals surface area contributed by atoms with Crippen LogP contribution in [0.2, 0.25) is 0 Å². The molecule has 0 unspecified atom stereocenters. The quantitative estimate of drug-likeness (QED) is 0.152. The average Bonchev–Trinajstić information content (AvgIpc) is 2.93. The molecule has 3 fully saturated rings. The lowest BCUT2D eigenvalue weighted by Gasteiger charge is -2.28. The minimum atomic E-state index is -0.406. The van der Waals surface area contributed by atoms with E-state index in [1.165, 1.54) is 0 Å². The van der Waals surface area contributed by atoms with E-state index < -0.39 is 17.7 Å². The summed E-state index contributed by atoms with van der Waals surface area (Å²) in [6, 6.07) is 0. The highest BCUT2D eigenvalue weighted by molar-refractivity contribution is 5.97. The number of allylic oxidation sites excluding steroid dienone is 1. The highest BCUT2D eigenvalue weighted by Crippen LogP contribution is 1.96. The second-order valence-electron chi connectivity index (χ2n) is 10.9. The van der Waals surface area contributed by atoms with E-state index in [4.69, 9.17) is 0 Å². The van der Waals surface area contributed by atoms with Gasteiger partial charge in [-0.2, -0.15) is 0 Å². The van der Waals surface area contributed by atoms with Crippen LogP contribution in [0.4, 0.5) is 0 Å². The molecule has 0 atom stereocenters. The van der Waals surface area contributed by atoms with E-state index in [1.54, 1.807) is 0 Å². The molecule has 3 aliphatic heterocycles. The molecule has 0 spiro atoms. The number of hydrogen-bond donors (Lipinski definition) is 7. The van der Waals surface area contributed by atoms with Gasteiger partial charge in [0.05, 0.1) is 0 Å². The van der Waals surface area contributed by atoms with E-state index >= 15 is 0 Å². The minimum Gasteiger partial charge on any atom is -0.388 e. The Labute approximate surface area is 266 Å². The van der Waals surface area contributed by atoms with E-state index in [9.17, 15) is 28.8 Å². The molecular formula is C29H54N10O6. The summed E-state index contributed by atoms with van der Waals surface area (Å²) in [5.41, 5.74) is 0.841. The molecule has 16 nitrogen and oxygen atoms in total. The number of hydrogen-bond acceptors (Lipinski definition) is 10. The second-order valence-corrected chi connectivity index (χ2v) is 10.9. The standard InChI is InChI=1S/C28H50N10O6.CH4/c1-22(2)29-3-10-37-14-7-33-26(42)19-23(39)30-4-11-36-12-5-31-24(40)20-27(43)34-8-15-38(18-17-37)16-9-35-28(44)21-25(41)32-6-13-36;/h29H,1,3-21H2,2H3,(H,30,39)(H,31,40)(H,32,41)(H,33,42)(H,34,43)(H,35,44);1H4. The lowest BCUT2D eigenvalue weighted by Crippen LogP contribution is -2.46. The zero-order chi connectivity index (χ0) is 32.2. The van der Waals surface area contributed by atoms with Gasteiger partial charge >= 0.3 is 0 Å². The zero-order valence-electron chi connectivity index (χ0n) is 25.9. The Morgan fingerprint density at radius 1 is 0.556 bits per heavy atom. The van der Waals surface area contributed by atoms with Gasteiger partial charge in [-0.15, -0.1) is 0 Å². The molecule has 0 aromatic rings. The van der Waals surface area contributed by atoms with Gasteiger partial charge in [0.15, 0.2) is 0 Å². The summed E-state index contributed by atoms with van der Waals surface area (Å²) in [5, 5.41) is 19.8. The highest BCUT2D eigenvalue weighted by atomic mass is 16.2. The minimum absolute atomic E-state index is 0. The van der Waals surface area contributed by atoms with Crippen LogP contribution < -0.4 is 37.2 Å². The van der Waals surface area contributed by atoms with Gasteiger partial charge in [-0.1, -0.05) is 14.0 Å². The largest absolute Gasteiger partial charge is 0.388 e. The molecule has 45 heavy (non-hydrogen) atoms. The van der Waals surface area contributed by atoms with Crippen LogP contribution in [0.25, 0.3) is 0 Å². The smallest absolute Gasteiger partial charge is 0.229 e. The van der Waals surface area contributed by atoms with E-state index in [0.29, 0.717) is 85.1 Å². The van der Waals surface area contributed by atoms with Crippen molar-refractivity contribution in [3.63, 3.8) is 0 Å². The van der Waals surface area contributed by atoms with Crippen LogP contribution in [0.15, 0.2) is 12.3 Å². The van der Waals surface area contributed by atoms with Crippen LogP contribution in [0.1, 0.15) is 33.6 Å². The molecule has 6 amide bonds. The van der Waals surface area contributed by atoms with Gasteiger partial charge in [0.1, 0.15) is 19.3 Å². The zero-order valence-corrected chi connectivity index (χ0v) is 25.9. The Kier molecular flexibility index (Phi) is 19.8. The van der Waals surface area contributed by atoms with Crippen molar-refractivity contribution in [1.29, 1.82) is 0 Å². The molecule has 0 saturated carbocycles. The maximum absolute atomic E-state index is 12.4. The third-order valence-electron chi connectivity index (χ3n) is 7.05. The van der Waals surface area contributed by atoms with Crippen molar-refractivity contribution in [2.24, 2.45) is 0 Å². The summed E-state index contributed by atoms with van der Waals surface area (Å²) in [4.78, 5) is 80.5. The highest BCUT2D eigenvalue weighted by Gasteiger charge is 2.16. The fourth-order valence-corrected chi connectivity index (χ4v) is 4.65. The normalized spacial score (nSPS) is 23.5. The molecule has 16 heteroatoms. The van der Waals surface area contributed by atoms with E-state index in [1.807, 2.05) is 11.8 Å². The topological polar surface area (TPSA) is 196 Å². The van der Waals surface area contributed by atoms with Gasteiger partial charge in [-0.05, 0) is 6.92 Å². The van der Waals surface area contributed by atoms with Crippen LogP contribution in [0.5, 0.6) is 0 Å². The van der Waals surface area contributed by atoms with Crippen molar-refractivity contribution in [3.05, 3.63) is 12.3 Å². The molecule has 2 bridgehead atoms. The first-order valence-corrected chi connectivity index (χ1v) is 15.3. The molecular weight excluding hydrogens is 584 g/mol. The monoisotopic (exact) mass is 638 g/mol. The molecule has 3 saturated heterocycles. The number of nitrogens with one attached hydrogen (secondary N) is 7. The van der Waals surface area contributed by atoms with Gasteiger partial charge in [-0.3, -0.25) is 43.5 Å². The van der Waals surface area contributed by atoms with Crippen molar-refractivity contribution in [1.82, 2.24) is 51.9 Å². The summed E-state index contributed by atoms with van der Waals surface area (Å²) in [6.07, 6.45) is -0.890. The first kappa shape index (κ1) is 39.3. The summed E-state index contributed by atoms with van der Waals surface area (Å²) < 4.78 is 0. The van der Waals surface area contributed by atoms with Crippen LogP contribution >= 0.6 is 0 Å². The maximum atomic E-state index is 12.4. The van der Waals surface area contributed by atoms with E-state index in [0.717, 1.165) is 5.70 Å². The lowest BCUT2D eigenvalue weighted by atomic mass is 10.3. The molecule has 0 aromatic carbocycles. The predicted octanol–water partition coefficient (Wildman–Crippen LogP) is -3.45. The Morgan fingerprint density at radius 2 is 0.867 bits per heavy atom. The van der Waals surface area contributed by atoms with Gasteiger partial charge < -0.3 is 37.2 Å². The van der Waals surface area contributed by atoms with E-state index in [2.05, 4.69) is 53.6 Å². The van der Waals surface area contributed by atoms with Gasteiger partial charge in [0.2, 0.25) is 35.4 Å². The number of carbonyl (C=O) groups excluding carboxylic acids is 6. The van der Waals surface area contributed by atoms with Gasteiger partial charge in [0, 0.05) is 110 Å². The Hall–Kier alpha value is -3.76. The van der Waals surface area contributed by atoms with Crippen LogP contribution in [-0.4, -0.2) is 155 Å². The lowest BCUT2D eigenvalue weighted by molar-refractivity contribution is -0.131. The molecule has 3 heterocycles. The van der Waals surface area contributed by atoms with Crippen molar-refractivity contribution in [2.45, 2.75) is 33.6 Å². The second kappa shape index (κ2) is 22.7. The molecule has 3 rings (SSSR count). The summed E-state index contributed by atoms with van der Waals surface area (Å²) in [5.74, 6) is -2.34. The number of fused-ring (bicyclic) bond motifs is 27. The predicted molar refractivity (Wildman–Crippen MR) is 171 cm³/mol. The van der Waals surface area contributed by atoms with Crippen molar-refractivity contribution in [2.75, 3.05) is 105 Å². The maximum Gasteiger partial charge on any atom is 0.229 e. The Balaban J connectivity index is 0.0000101. The molecule has 0 aromatic heterocycles. The van der Waals surface area contributed by atoms with Crippen LogP contribution in [0, 0.1) is 0 Å². The molecule has 3 aliphatic rings. The molecule has 0 aliphatic carbocycles. The third-order valence-corrected chi connectivity index (χ3v) is 7.05. The number of nitrogens with zero attached hydrogens (tertiary/aromatic N) is 3. The SMILES string of the molecule is C.C=C(C)NCCN1CCNC(=O)CC(=O)NCCN2CCNC(=O)CC(=O)NCCN(CCNC(=O)CC(=O)NCC2)CC1. The first-order valence-electron chi connectivity index (χ1n) is 15.3. The van der Waals surface area contributed by atoms with Crippen LogP contribution in [0.3, 0.4) is 0 Å². The Morgan fingerprint density at radius 3 is 1.20 bits per heavy atom. The fourth-order valence-electron chi connectivity index (χ4n) is 4.65. The summed E-state index contributed by atoms with van der Waals surface area (Å²) in [7, 11) is 0. The fraction of sp³-hybridized carbons (Fsp3) is 0.724. The number of rotatable bonds is 4. The Bertz CT molecular complexity index is 953. The number of amides is 6. The van der Waals surface area contributed by atoms with Crippen molar-refractivity contribution in [3.8, 4) is 0 Å². The number of carbonyl (C=O) groups is 6. The molecule has 0 radical (unpaired) electrons. The third kappa shape index (κ3) is 19.3. The average molecular weight is 639 g/mol. The van der Waals surface area contributed by atoms with Crippen molar-refractivity contribution < 1.29 is 28.8 Å². The first-order chi connectivity index (χ1) is 21.1. The molecule has 256 valence electrons.